The van der Waals surface area contributed by atoms with Gasteiger partial charge in [-0.1, -0.05) is 19.1 Å². The van der Waals surface area contributed by atoms with Gasteiger partial charge in [-0.3, -0.25) is 4.79 Å². The third-order valence-electron chi connectivity index (χ3n) is 4.46. The Morgan fingerprint density at radius 2 is 1.77 bits per heavy atom. The summed E-state index contributed by atoms with van der Waals surface area (Å²) in [5.74, 6) is 2.23. The predicted molar refractivity (Wildman–Crippen MR) is 123 cm³/mol. The van der Waals surface area contributed by atoms with Gasteiger partial charge in [-0.05, 0) is 80.0 Å². The molecule has 0 saturated carbocycles. The number of aromatic nitrogens is 1. The number of aryl methyl sites for hydroxylation is 1. The molecule has 0 radical (unpaired) electrons. The molecule has 1 unspecified atom stereocenters. The Morgan fingerprint density at radius 1 is 1.06 bits per heavy atom. The average Bonchev–Trinajstić information content (AvgIpc) is 3.15. The van der Waals surface area contributed by atoms with Gasteiger partial charge in [0.25, 0.3) is 5.19 Å². The number of hydrogen-bond acceptors (Lipinski definition) is 6. The molecule has 0 bridgehead atoms. The first kappa shape index (κ1) is 22.6. The molecule has 1 atom stereocenters. The number of rotatable bonds is 9. The Labute approximate surface area is 187 Å². The van der Waals surface area contributed by atoms with Gasteiger partial charge in [-0.2, -0.15) is 0 Å². The van der Waals surface area contributed by atoms with E-state index in [1.807, 2.05) is 63.2 Å². The molecule has 0 aliphatic rings. The van der Waals surface area contributed by atoms with E-state index in [4.69, 9.17) is 14.2 Å². The highest BCUT2D eigenvalue weighted by molar-refractivity contribution is 7.15. The molecule has 1 amide bonds. The van der Waals surface area contributed by atoms with Gasteiger partial charge in [0.15, 0.2) is 0 Å². The van der Waals surface area contributed by atoms with E-state index in [0.29, 0.717) is 16.0 Å². The fourth-order valence-corrected chi connectivity index (χ4v) is 3.69. The van der Waals surface area contributed by atoms with Gasteiger partial charge in [0.1, 0.15) is 17.2 Å². The summed E-state index contributed by atoms with van der Waals surface area (Å²) >= 11 is 1.33. The van der Waals surface area contributed by atoms with Gasteiger partial charge in [-0.15, -0.1) is 0 Å². The van der Waals surface area contributed by atoms with Crippen molar-refractivity contribution in [2.75, 3.05) is 0 Å². The maximum atomic E-state index is 11.2. The minimum Gasteiger partial charge on any atom is -0.491 e. The van der Waals surface area contributed by atoms with Gasteiger partial charge < -0.3 is 19.5 Å². The fraction of sp³-hybridized carbons (Fsp3) is 0.333. The van der Waals surface area contributed by atoms with E-state index < -0.39 is 0 Å². The average molecular weight is 441 g/mol. The molecule has 164 valence electrons. The minimum absolute atomic E-state index is 0.0555. The summed E-state index contributed by atoms with van der Waals surface area (Å²) in [5.41, 5.74) is 2.06. The van der Waals surface area contributed by atoms with E-state index in [0.717, 1.165) is 29.0 Å². The van der Waals surface area contributed by atoms with Crippen LogP contribution in [0.25, 0.3) is 0 Å². The first-order chi connectivity index (χ1) is 14.8. The van der Waals surface area contributed by atoms with Crippen molar-refractivity contribution in [2.45, 2.75) is 53.2 Å². The first-order valence-corrected chi connectivity index (χ1v) is 11.1. The molecule has 6 nitrogen and oxygen atoms in total. The summed E-state index contributed by atoms with van der Waals surface area (Å²) in [6.07, 6.45) is 2.59. The number of nitrogens with one attached hydrogen (secondary N) is 1. The topological polar surface area (TPSA) is 69.7 Å². The standard InChI is InChI=1S/C24H28N2O4S/c1-6-18-13-21(28-15(2)3)11-12-22(18)30-24-25-14-23(31-24)29-20-9-7-19(8-10-20)16(4)26-17(5)27/h7-16H,6H2,1-5H3,(H,26,27). The van der Waals surface area contributed by atoms with Gasteiger partial charge >= 0.3 is 0 Å². The molecular formula is C24H28N2O4S. The zero-order valence-electron chi connectivity index (χ0n) is 18.5. The number of ether oxygens (including phenoxy) is 3. The first-order valence-electron chi connectivity index (χ1n) is 10.3. The number of thiazole rings is 1. The SMILES string of the molecule is CCc1cc(OC(C)C)ccc1Oc1ncc(Oc2ccc(C(C)NC(C)=O)cc2)s1. The summed E-state index contributed by atoms with van der Waals surface area (Å²) in [7, 11) is 0. The molecule has 1 aromatic heterocycles. The molecule has 3 aromatic rings. The molecule has 0 aliphatic heterocycles. The number of benzene rings is 2. The van der Waals surface area contributed by atoms with Crippen LogP contribution in [-0.4, -0.2) is 17.0 Å². The minimum atomic E-state index is -0.0571. The molecule has 0 aliphatic carbocycles. The van der Waals surface area contributed by atoms with Crippen LogP contribution in [0.5, 0.6) is 27.5 Å². The van der Waals surface area contributed by atoms with Crippen LogP contribution in [-0.2, 0) is 11.2 Å². The van der Waals surface area contributed by atoms with Crippen LogP contribution in [0.1, 0.15) is 51.8 Å². The molecule has 1 heterocycles. The Bertz CT molecular complexity index is 1010. The van der Waals surface area contributed by atoms with E-state index in [2.05, 4.69) is 17.2 Å². The number of carbonyl (C=O) groups excluding carboxylic acids is 1. The highest BCUT2D eigenvalue weighted by atomic mass is 32.1. The van der Waals surface area contributed by atoms with Crippen LogP contribution in [0.4, 0.5) is 0 Å². The Morgan fingerprint density at radius 3 is 2.42 bits per heavy atom. The van der Waals surface area contributed by atoms with Crippen molar-refractivity contribution in [3.05, 3.63) is 59.8 Å². The maximum absolute atomic E-state index is 11.2. The van der Waals surface area contributed by atoms with E-state index in [1.54, 1.807) is 6.20 Å². The van der Waals surface area contributed by atoms with E-state index in [9.17, 15) is 4.79 Å². The van der Waals surface area contributed by atoms with Gasteiger partial charge in [0.05, 0.1) is 18.3 Å². The molecule has 0 spiro atoms. The molecule has 0 fully saturated rings. The van der Waals surface area contributed by atoms with Gasteiger partial charge in [-0.25, -0.2) is 4.98 Å². The number of amides is 1. The van der Waals surface area contributed by atoms with Crippen LogP contribution < -0.4 is 19.5 Å². The van der Waals surface area contributed by atoms with Crippen LogP contribution in [0, 0.1) is 0 Å². The highest BCUT2D eigenvalue weighted by Gasteiger charge is 2.12. The highest BCUT2D eigenvalue weighted by Crippen LogP contribution is 2.36. The summed E-state index contributed by atoms with van der Waals surface area (Å²) in [4.78, 5) is 15.5. The summed E-state index contributed by atoms with van der Waals surface area (Å²) in [5, 5.41) is 4.01. The largest absolute Gasteiger partial charge is 0.491 e. The quantitative estimate of drug-likeness (QED) is 0.424. The smallest absolute Gasteiger partial charge is 0.282 e. The Kier molecular flexibility index (Phi) is 7.52. The maximum Gasteiger partial charge on any atom is 0.282 e. The molecule has 0 saturated heterocycles. The van der Waals surface area contributed by atoms with Crippen LogP contribution in [0.2, 0.25) is 0 Å². The zero-order chi connectivity index (χ0) is 22.4. The van der Waals surface area contributed by atoms with Gasteiger partial charge in [0, 0.05) is 6.92 Å². The van der Waals surface area contributed by atoms with Crippen molar-refractivity contribution in [3.8, 4) is 27.5 Å². The second-order valence-electron chi connectivity index (χ2n) is 7.43. The molecule has 2 aromatic carbocycles. The zero-order valence-corrected chi connectivity index (χ0v) is 19.3. The van der Waals surface area contributed by atoms with Crippen LogP contribution in [0.15, 0.2) is 48.7 Å². The van der Waals surface area contributed by atoms with Crippen molar-refractivity contribution in [1.29, 1.82) is 0 Å². The summed E-state index contributed by atoms with van der Waals surface area (Å²) in [6, 6.07) is 13.4. The lowest BCUT2D eigenvalue weighted by molar-refractivity contribution is -0.119. The van der Waals surface area contributed by atoms with Crippen LogP contribution >= 0.6 is 11.3 Å². The monoisotopic (exact) mass is 440 g/mol. The van der Waals surface area contributed by atoms with Crippen LogP contribution in [0.3, 0.4) is 0 Å². The van der Waals surface area contributed by atoms with Gasteiger partial charge in [0.2, 0.25) is 11.0 Å². The second kappa shape index (κ2) is 10.3. The predicted octanol–water partition coefficient (Wildman–Crippen LogP) is 6.27. The summed E-state index contributed by atoms with van der Waals surface area (Å²) < 4.78 is 17.7. The van der Waals surface area contributed by atoms with E-state index in [-0.39, 0.29) is 18.1 Å². The van der Waals surface area contributed by atoms with Crippen molar-refractivity contribution < 1.29 is 19.0 Å². The van der Waals surface area contributed by atoms with E-state index in [1.165, 1.54) is 18.3 Å². The summed E-state index contributed by atoms with van der Waals surface area (Å²) in [6.45, 7) is 9.54. The van der Waals surface area contributed by atoms with Crippen molar-refractivity contribution in [3.63, 3.8) is 0 Å². The van der Waals surface area contributed by atoms with Crippen molar-refractivity contribution in [2.24, 2.45) is 0 Å². The Hall–Kier alpha value is -3.06. The lowest BCUT2D eigenvalue weighted by Gasteiger charge is -2.13. The molecule has 7 heteroatoms. The number of carbonyl (C=O) groups is 1. The number of hydrogen-bond donors (Lipinski definition) is 1. The third-order valence-corrected chi connectivity index (χ3v) is 5.22. The molecule has 1 N–H and O–H groups in total. The lowest BCUT2D eigenvalue weighted by Crippen LogP contribution is -2.23. The van der Waals surface area contributed by atoms with E-state index >= 15 is 0 Å². The van der Waals surface area contributed by atoms with Crippen molar-refractivity contribution >= 4 is 17.2 Å². The lowest BCUT2D eigenvalue weighted by atomic mass is 10.1. The normalized spacial score (nSPS) is 11.8. The molecule has 31 heavy (non-hydrogen) atoms. The fourth-order valence-electron chi connectivity index (χ4n) is 3.04. The molecule has 3 rings (SSSR count). The van der Waals surface area contributed by atoms with Crippen molar-refractivity contribution in [1.82, 2.24) is 10.3 Å². The Balaban J connectivity index is 1.65. The number of nitrogens with zero attached hydrogens (tertiary/aromatic N) is 1. The molecular weight excluding hydrogens is 412 g/mol. The second-order valence-corrected chi connectivity index (χ2v) is 8.39. The third kappa shape index (κ3) is 6.46.